The smallest absolute Gasteiger partial charge is 0 e. The number of carbonyl (C=O) groups excluding carboxylic acids is 4. The van der Waals surface area contributed by atoms with Gasteiger partial charge in [0.05, 0.1) is 52.2 Å². The molecule has 15 nitrogen and oxygen atoms in total. The van der Waals surface area contributed by atoms with Crippen LogP contribution in [0.3, 0.4) is 0 Å². The minimum absolute atomic E-state index is 0. The molecular weight excluding hydrogens is 1030 g/mol. The van der Waals surface area contributed by atoms with Crippen molar-refractivity contribution in [2.24, 2.45) is 21.0 Å². The second kappa shape index (κ2) is 20.4. The average molecular weight is 1080 g/mol. The van der Waals surface area contributed by atoms with Gasteiger partial charge in [-0.05, 0) is 6.92 Å². The Morgan fingerprint density at radius 2 is 0.875 bits per heavy atom. The van der Waals surface area contributed by atoms with Crippen molar-refractivity contribution >= 4 is 54.9 Å². The number of hydrogen-bond donors (Lipinski definition) is 0. The third kappa shape index (κ3) is 5.87. The van der Waals surface area contributed by atoms with Crippen molar-refractivity contribution in [3.8, 4) is 0 Å². The van der Waals surface area contributed by atoms with E-state index in [4.69, 9.17) is 47.0 Å². The first-order chi connectivity index (χ1) is 30.2. The van der Waals surface area contributed by atoms with E-state index >= 15 is 4.79 Å². The number of rotatable bonds is 8. The van der Waals surface area contributed by atoms with Crippen LogP contribution < -0.4 is 15.9 Å². The molecular formula is C46H42N2O13P2W. The van der Waals surface area contributed by atoms with Gasteiger partial charge in [0.15, 0.2) is 5.16 Å². The second-order valence-electron chi connectivity index (χ2n) is 15.0. The summed E-state index contributed by atoms with van der Waals surface area (Å²) >= 11 is 0. The van der Waals surface area contributed by atoms with Crippen LogP contribution in [0.1, 0.15) is 34.6 Å². The molecule has 1 saturated carbocycles. The van der Waals surface area contributed by atoms with Crippen LogP contribution in [0.2, 0.25) is 0 Å². The molecule has 0 radical (unpaired) electrons. The van der Waals surface area contributed by atoms with Gasteiger partial charge < -0.3 is 23.6 Å². The van der Waals surface area contributed by atoms with Crippen LogP contribution in [-0.4, -0.2) is 72.8 Å². The third-order valence-electron chi connectivity index (χ3n) is 14.3. The zero-order valence-corrected chi connectivity index (χ0v) is 40.9. The van der Waals surface area contributed by atoms with E-state index in [9.17, 15) is 14.4 Å². The van der Waals surface area contributed by atoms with E-state index in [1.54, 1.807) is 0 Å². The van der Waals surface area contributed by atoms with Crippen molar-refractivity contribution < 1.29 is 82.5 Å². The van der Waals surface area contributed by atoms with Crippen molar-refractivity contribution in [2.45, 2.75) is 50.5 Å². The molecule has 0 amide bonds. The minimum atomic E-state index is -3.02. The molecule has 3 aromatic rings. The minimum Gasteiger partial charge on any atom is 0 e. The maximum absolute atomic E-state index is 15.1. The number of benzene rings is 3. The van der Waals surface area contributed by atoms with Crippen molar-refractivity contribution in [2.75, 3.05) is 28.4 Å². The van der Waals surface area contributed by atoms with Crippen molar-refractivity contribution in [3.05, 3.63) is 147 Å². The van der Waals surface area contributed by atoms with Crippen LogP contribution in [0.4, 0.5) is 0 Å². The van der Waals surface area contributed by atoms with Gasteiger partial charge in [-0.25, -0.2) is 19.1 Å². The van der Waals surface area contributed by atoms with Crippen LogP contribution in [0, 0.1) is 49.5 Å². The van der Waals surface area contributed by atoms with Crippen LogP contribution in [0.5, 0.6) is 0 Å². The Hall–Kier alpha value is -5.13. The Labute approximate surface area is 387 Å². The Morgan fingerprint density at radius 3 is 1.20 bits per heavy atom. The molecule has 2 aliphatic carbocycles. The van der Waals surface area contributed by atoms with E-state index in [0.29, 0.717) is 5.82 Å². The first-order valence-electron chi connectivity index (χ1n) is 18.5. The second-order valence-corrected chi connectivity index (χ2v) is 20.6. The molecule has 4 heterocycles. The molecule has 3 unspecified atom stereocenters. The monoisotopic (exact) mass is 1080 g/mol. The quantitative estimate of drug-likeness (QED) is 0.0948. The summed E-state index contributed by atoms with van der Waals surface area (Å²) in [6.07, 6.45) is 0. The molecule has 3 saturated heterocycles. The number of hydrogen-bond acceptors (Lipinski definition) is 10. The largest absolute Gasteiger partial charge is 0 e. The summed E-state index contributed by atoms with van der Waals surface area (Å²) in [4.78, 5) is 57.9. The summed E-state index contributed by atoms with van der Waals surface area (Å²) < 4.78 is 67.8. The van der Waals surface area contributed by atoms with Crippen LogP contribution >= 0.6 is 15.1 Å². The number of methoxy groups -OCH3 is 4. The van der Waals surface area contributed by atoms with E-state index < -0.39 is 71.1 Å². The zero-order valence-electron chi connectivity index (χ0n) is 36.2. The molecule has 3 aromatic carbocycles. The zero-order chi connectivity index (χ0) is 48.1. The summed E-state index contributed by atoms with van der Waals surface area (Å²) in [6.45, 7) is 32.5. The van der Waals surface area contributed by atoms with Gasteiger partial charge in [-0.2, -0.15) is 0 Å². The molecule has 18 heteroatoms. The number of nitrogens with zero attached hydrogens (tertiary/aromatic N) is 2. The van der Waals surface area contributed by atoms with Crippen molar-refractivity contribution in [3.63, 3.8) is 0 Å². The molecule has 7 atom stereocenters. The molecule has 0 N–H and O–H groups in total. The average Bonchev–Trinajstić information content (AvgIpc) is 3.96. The van der Waals surface area contributed by atoms with E-state index in [0.717, 1.165) is 15.9 Å². The van der Waals surface area contributed by atoms with E-state index in [-0.39, 0.29) is 37.8 Å². The Morgan fingerprint density at radius 1 is 0.547 bits per heavy atom. The fourth-order valence-electron chi connectivity index (χ4n) is 12.0. The van der Waals surface area contributed by atoms with Gasteiger partial charge in [-0.15, -0.1) is 0 Å². The van der Waals surface area contributed by atoms with Gasteiger partial charge in [-0.3, -0.25) is 4.79 Å². The summed E-state index contributed by atoms with van der Waals surface area (Å²) in [5.41, 5.74) is -3.97. The molecule has 6 aliphatic rings. The SMILES string of the molecule is COC(=O)C1=C(N=P(c2ccccc2)(c2ccccc2)c2ccccc2)N2P3[C@@]1(C(=O)OC)C1(C)C2(C)[C@@]2(C)C(C(=O)OC)=C(C(=O)OC)[C@@]1(C)[C@@]32C.[C-]#[O+].[C-]#[O+].[C-]#[O+].[C-]#[O+].[C-]#[O+].[W]. The third-order valence-corrected chi connectivity index (χ3v) is 22.1. The van der Waals surface area contributed by atoms with Gasteiger partial charge in [0.25, 0.3) is 0 Å². The predicted molar refractivity (Wildman–Crippen MR) is 222 cm³/mol. The summed E-state index contributed by atoms with van der Waals surface area (Å²) in [5.74, 6) is -2.25. The van der Waals surface area contributed by atoms with E-state index in [2.05, 4.69) is 88.2 Å². The van der Waals surface area contributed by atoms with Crippen molar-refractivity contribution in [1.29, 1.82) is 0 Å². The molecule has 9 rings (SSSR count). The van der Waals surface area contributed by atoms with Crippen molar-refractivity contribution in [1.82, 2.24) is 4.67 Å². The Balaban J connectivity index is 0.00000120. The number of carbonyl (C=O) groups is 4. The number of ether oxygens (including phenoxy) is 4. The van der Waals surface area contributed by atoms with Crippen LogP contribution in [0.15, 0.2) is 118 Å². The summed E-state index contributed by atoms with van der Waals surface area (Å²) in [5, 5.41) is 0.258. The van der Waals surface area contributed by atoms with Gasteiger partial charge >= 0.3 is 80.4 Å². The molecule has 8 bridgehead atoms. The predicted octanol–water partition coefficient (Wildman–Crippen LogP) is 5.22. The summed E-state index contributed by atoms with van der Waals surface area (Å²) in [6, 6.07) is 30.1. The summed E-state index contributed by atoms with van der Waals surface area (Å²) in [7, 11) is 0.368. The molecule has 330 valence electrons. The molecule has 0 spiro atoms. The van der Waals surface area contributed by atoms with Crippen LogP contribution in [-0.2, 0) is 82.5 Å². The molecule has 0 aromatic heterocycles. The molecule has 64 heavy (non-hydrogen) atoms. The maximum atomic E-state index is 15.1. The number of esters is 4. The van der Waals surface area contributed by atoms with E-state index in [1.165, 1.54) is 28.4 Å². The maximum Gasteiger partial charge on any atom is 0 e. The normalized spacial score (nSPS) is 28.4. The Bertz CT molecular complexity index is 2400. The van der Waals surface area contributed by atoms with E-state index in [1.807, 2.05) is 75.4 Å². The first-order valence-corrected chi connectivity index (χ1v) is 21.5. The van der Waals surface area contributed by atoms with Gasteiger partial charge in [0.2, 0.25) is 0 Å². The fraction of sp³-hybridized carbons (Fsp3) is 0.326. The topological polar surface area (TPSA) is 220 Å². The fourth-order valence-corrected chi connectivity index (χ4v) is 21.1. The standard InChI is InChI=1S/C41H42N2O8P2.5CO.W/c1-36-28(32(44)48-6)29(33(45)49-7)37(2)39(4)38(36,3)41(35(47)51-9)30(34(46)50-8)31(43(39)52(41)40(36,37)5)42-53(25-19-13-10-14-20-25,26-21-15-11-16-22-26)27-23-17-12-18-24-27;5*1-2;/h10-24H,1-9H3;;;;;;/t36-,37-,38?,39?,40-,41+,52?;;;;;;/m1....../s1. The first kappa shape index (κ1) is 55.0. The van der Waals surface area contributed by atoms with Gasteiger partial charge in [0.1, 0.15) is 11.4 Å². The Kier molecular flexibility index (Phi) is 17.5. The molecule has 4 fully saturated rings. The van der Waals surface area contributed by atoms with Gasteiger partial charge in [-0.1, -0.05) is 119 Å². The molecule has 4 aliphatic heterocycles. The van der Waals surface area contributed by atoms with Gasteiger partial charge in [0, 0.05) is 66.5 Å². The van der Waals surface area contributed by atoms with Crippen LogP contribution in [0.25, 0.3) is 0 Å².